The van der Waals surface area contributed by atoms with Crippen LogP contribution in [0.15, 0.2) is 72.4 Å². The van der Waals surface area contributed by atoms with Crippen LogP contribution in [0.25, 0.3) is 0 Å². The van der Waals surface area contributed by atoms with Gasteiger partial charge in [0.05, 0.1) is 0 Å². The van der Waals surface area contributed by atoms with E-state index in [1.54, 1.807) is 6.08 Å². The van der Waals surface area contributed by atoms with Gasteiger partial charge in [-0.15, -0.1) is 0 Å². The van der Waals surface area contributed by atoms with Crippen molar-refractivity contribution >= 4 is 0 Å². The van der Waals surface area contributed by atoms with Gasteiger partial charge >= 0.3 is 0 Å². The predicted molar refractivity (Wildman–Crippen MR) is 82.2 cm³/mol. The molecule has 0 aliphatic heterocycles. The van der Waals surface area contributed by atoms with E-state index in [1.165, 1.54) is 11.1 Å². The van der Waals surface area contributed by atoms with E-state index in [0.717, 1.165) is 0 Å². The second-order valence-electron chi connectivity index (χ2n) is 2.97. The zero-order valence-corrected chi connectivity index (χ0v) is 11.9. The summed E-state index contributed by atoms with van der Waals surface area (Å²) in [4.78, 5) is 0. The van der Waals surface area contributed by atoms with Gasteiger partial charge in [0, 0.05) is 0 Å². The molecule has 0 aromatic carbocycles. The van der Waals surface area contributed by atoms with Crippen LogP contribution in [0.1, 0.15) is 34.6 Å². The Labute approximate surface area is 107 Å². The number of hydrogen-bond donors (Lipinski definition) is 0. The minimum Gasteiger partial charge on any atom is -0.0991 e. The van der Waals surface area contributed by atoms with Crippen LogP contribution in [0.2, 0.25) is 0 Å². The van der Waals surface area contributed by atoms with Crippen molar-refractivity contribution in [2.24, 2.45) is 0 Å². The van der Waals surface area contributed by atoms with E-state index < -0.39 is 0 Å². The van der Waals surface area contributed by atoms with Crippen LogP contribution in [-0.2, 0) is 0 Å². The second-order valence-corrected chi connectivity index (χ2v) is 2.97. The number of allylic oxidation sites excluding steroid dienone is 11. The summed E-state index contributed by atoms with van der Waals surface area (Å²) in [5.74, 6) is 0. The van der Waals surface area contributed by atoms with E-state index >= 15 is 0 Å². The van der Waals surface area contributed by atoms with Crippen molar-refractivity contribution in [1.29, 1.82) is 0 Å². The van der Waals surface area contributed by atoms with Crippen LogP contribution in [0, 0.1) is 0 Å². The zero-order valence-electron chi connectivity index (χ0n) is 11.9. The smallest absolute Gasteiger partial charge is 0.0230 e. The lowest BCUT2D eigenvalue weighted by Crippen LogP contribution is -1.81. The summed E-state index contributed by atoms with van der Waals surface area (Å²) in [6.45, 7) is 13.8. The van der Waals surface area contributed by atoms with Crippen LogP contribution in [0.4, 0.5) is 0 Å². The number of hydrogen-bond acceptors (Lipinski definition) is 0. The van der Waals surface area contributed by atoms with Gasteiger partial charge in [-0.3, -0.25) is 0 Å². The summed E-state index contributed by atoms with van der Waals surface area (Å²) in [5.41, 5.74) is 2.42. The van der Waals surface area contributed by atoms with Crippen LogP contribution >= 0.6 is 0 Å². The van der Waals surface area contributed by atoms with Gasteiger partial charge in [-0.1, -0.05) is 75.1 Å². The molecule has 0 aliphatic carbocycles. The quantitative estimate of drug-likeness (QED) is 0.525. The lowest BCUT2D eigenvalue weighted by atomic mass is 10.0. The second kappa shape index (κ2) is 14.4. The largest absolute Gasteiger partial charge is 0.0991 e. The van der Waals surface area contributed by atoms with E-state index in [9.17, 15) is 0 Å². The molecule has 0 saturated heterocycles. The van der Waals surface area contributed by atoms with E-state index in [1.807, 2.05) is 58.9 Å². The van der Waals surface area contributed by atoms with E-state index in [4.69, 9.17) is 0 Å². The molecule has 0 amide bonds. The molecule has 0 aromatic rings. The normalized spacial score (nSPS) is 13.2. The SMILES string of the molecule is C=C\C=C/C(=C\C)C(/C=C\C=C/C)=C/C.CC. The highest BCUT2D eigenvalue weighted by Crippen LogP contribution is 2.13. The molecule has 0 rings (SSSR count). The first-order valence-electron chi connectivity index (χ1n) is 6.21. The average molecular weight is 230 g/mol. The van der Waals surface area contributed by atoms with E-state index in [0.29, 0.717) is 0 Å². The highest BCUT2D eigenvalue weighted by Gasteiger charge is 1.93. The molecule has 0 radical (unpaired) electrons. The minimum atomic E-state index is 1.21. The maximum absolute atomic E-state index is 3.66. The molecule has 0 aliphatic rings. The van der Waals surface area contributed by atoms with Crippen molar-refractivity contribution < 1.29 is 0 Å². The van der Waals surface area contributed by atoms with Gasteiger partial charge < -0.3 is 0 Å². The number of rotatable bonds is 5. The maximum atomic E-state index is 3.66. The van der Waals surface area contributed by atoms with Gasteiger partial charge in [0.15, 0.2) is 0 Å². The van der Waals surface area contributed by atoms with Crippen molar-refractivity contribution in [2.75, 3.05) is 0 Å². The average Bonchev–Trinajstić information content (AvgIpc) is 2.39. The summed E-state index contributed by atoms with van der Waals surface area (Å²) in [5, 5.41) is 0. The summed E-state index contributed by atoms with van der Waals surface area (Å²) < 4.78 is 0. The highest BCUT2D eigenvalue weighted by atomic mass is 14.0. The summed E-state index contributed by atoms with van der Waals surface area (Å²) in [7, 11) is 0. The molecule has 0 saturated carbocycles. The molecule has 0 heteroatoms. The molecule has 0 nitrogen and oxygen atoms in total. The van der Waals surface area contributed by atoms with Crippen LogP contribution in [-0.4, -0.2) is 0 Å². The van der Waals surface area contributed by atoms with Gasteiger partial charge in [-0.05, 0) is 31.9 Å². The lowest BCUT2D eigenvalue weighted by Gasteiger charge is -2.01. The van der Waals surface area contributed by atoms with Gasteiger partial charge in [0.25, 0.3) is 0 Å². The molecule has 0 heterocycles. The van der Waals surface area contributed by atoms with Gasteiger partial charge in [-0.25, -0.2) is 0 Å². The zero-order chi connectivity index (χ0) is 13.5. The molecule has 0 aromatic heterocycles. The Hall–Kier alpha value is -1.56. The standard InChI is InChI=1S/C15H20.C2H6/c1-5-9-11-13-15(8-4)14(7-3)12-10-6-2;1-2/h5-13H,2H2,1,3-4H3;1-2H3/b9-5-,12-10-,13-11-,14-7+,15-8+;. The van der Waals surface area contributed by atoms with Crippen molar-refractivity contribution in [1.82, 2.24) is 0 Å². The Kier molecular flexibility index (Phi) is 15.1. The van der Waals surface area contributed by atoms with Crippen LogP contribution in [0.3, 0.4) is 0 Å². The highest BCUT2D eigenvalue weighted by molar-refractivity contribution is 5.47. The van der Waals surface area contributed by atoms with Crippen molar-refractivity contribution in [3.8, 4) is 0 Å². The van der Waals surface area contributed by atoms with Gasteiger partial charge in [-0.2, -0.15) is 0 Å². The molecule has 0 spiro atoms. The summed E-state index contributed by atoms with van der Waals surface area (Å²) in [6, 6.07) is 0. The maximum Gasteiger partial charge on any atom is -0.0230 e. The Morgan fingerprint density at radius 1 is 0.765 bits per heavy atom. The van der Waals surface area contributed by atoms with E-state index in [-0.39, 0.29) is 0 Å². The first kappa shape index (κ1) is 17.8. The Morgan fingerprint density at radius 2 is 1.24 bits per heavy atom. The monoisotopic (exact) mass is 230 g/mol. The fraction of sp³-hybridized carbons (Fsp3) is 0.294. The Morgan fingerprint density at radius 3 is 1.59 bits per heavy atom. The molecule has 17 heavy (non-hydrogen) atoms. The summed E-state index contributed by atoms with van der Waals surface area (Å²) in [6.07, 6.45) is 18.2. The third-order valence-electron chi connectivity index (χ3n) is 1.95. The molecule has 0 atom stereocenters. The summed E-state index contributed by atoms with van der Waals surface area (Å²) >= 11 is 0. The first-order valence-corrected chi connectivity index (χ1v) is 6.21. The minimum absolute atomic E-state index is 1.21. The molecule has 0 fully saturated rings. The fourth-order valence-electron chi connectivity index (χ4n) is 1.16. The molecular formula is C17H26. The Bertz CT molecular complexity index is 320. The van der Waals surface area contributed by atoms with Gasteiger partial charge in [0.2, 0.25) is 0 Å². The van der Waals surface area contributed by atoms with Crippen LogP contribution < -0.4 is 0 Å². The topological polar surface area (TPSA) is 0 Å². The van der Waals surface area contributed by atoms with Crippen molar-refractivity contribution in [3.63, 3.8) is 0 Å². The van der Waals surface area contributed by atoms with Gasteiger partial charge in [0.1, 0.15) is 0 Å². The third kappa shape index (κ3) is 9.37. The first-order chi connectivity index (χ1) is 8.29. The van der Waals surface area contributed by atoms with Crippen molar-refractivity contribution in [2.45, 2.75) is 34.6 Å². The predicted octanol–water partition coefficient (Wildman–Crippen LogP) is 5.78. The molecule has 0 unspecified atom stereocenters. The van der Waals surface area contributed by atoms with Crippen molar-refractivity contribution in [3.05, 3.63) is 72.4 Å². The lowest BCUT2D eigenvalue weighted by molar-refractivity contribution is 1.47. The molecular weight excluding hydrogens is 204 g/mol. The fourth-order valence-corrected chi connectivity index (χ4v) is 1.16. The molecule has 94 valence electrons. The molecule has 0 bridgehead atoms. The molecule has 0 N–H and O–H groups in total. The van der Waals surface area contributed by atoms with E-state index in [2.05, 4.69) is 30.9 Å². The third-order valence-corrected chi connectivity index (χ3v) is 1.95. The Balaban J connectivity index is 0. The van der Waals surface area contributed by atoms with Crippen LogP contribution in [0.5, 0.6) is 0 Å².